The Morgan fingerprint density at radius 1 is 1.00 bits per heavy atom. The molecule has 1 saturated carbocycles. The molecule has 0 nitrogen and oxygen atoms in total. The van der Waals surface area contributed by atoms with Gasteiger partial charge in [0.15, 0.2) is 0 Å². The summed E-state index contributed by atoms with van der Waals surface area (Å²) in [6.45, 7) is 2.30. The Kier molecular flexibility index (Phi) is 3.51. The van der Waals surface area contributed by atoms with Crippen LogP contribution < -0.4 is 0 Å². The van der Waals surface area contributed by atoms with Gasteiger partial charge in [-0.15, -0.1) is 11.8 Å². The number of hydrogen-bond donors (Lipinski definition) is 0. The average Bonchev–Trinajstić information content (AvgIpc) is 2.76. The van der Waals surface area contributed by atoms with Crippen LogP contribution in [0.5, 0.6) is 0 Å². The minimum atomic E-state index is 1.07. The molecule has 0 spiro atoms. The normalized spacial score (nSPS) is 34.8. The van der Waals surface area contributed by atoms with E-state index in [0.717, 1.165) is 17.8 Å². The van der Waals surface area contributed by atoms with Gasteiger partial charge >= 0.3 is 0 Å². The summed E-state index contributed by atoms with van der Waals surface area (Å²) < 4.78 is 0. The molecule has 0 bridgehead atoms. The summed E-state index contributed by atoms with van der Waals surface area (Å²) in [5.74, 6) is 9.79. The highest BCUT2D eigenvalue weighted by atomic mass is 14.5. The van der Waals surface area contributed by atoms with Gasteiger partial charge in [0.25, 0.3) is 0 Å². The highest BCUT2D eigenvalue weighted by Gasteiger charge is 2.47. The van der Waals surface area contributed by atoms with Crippen LogP contribution in [0, 0.1) is 29.6 Å². The molecule has 0 saturated heterocycles. The fraction of sp³-hybridized carbons (Fsp3) is 0.857. The van der Waals surface area contributed by atoms with E-state index in [0.29, 0.717) is 0 Å². The molecular weight excluding hydrogens is 168 g/mol. The van der Waals surface area contributed by atoms with E-state index in [1.807, 2.05) is 0 Å². The lowest BCUT2D eigenvalue weighted by Gasteiger charge is -1.97. The fourth-order valence-corrected chi connectivity index (χ4v) is 3.09. The summed E-state index contributed by atoms with van der Waals surface area (Å²) in [5.41, 5.74) is 0. The first-order valence-corrected chi connectivity index (χ1v) is 6.39. The van der Waals surface area contributed by atoms with Crippen molar-refractivity contribution in [3.05, 3.63) is 0 Å². The van der Waals surface area contributed by atoms with Gasteiger partial charge in [0.1, 0.15) is 0 Å². The number of hydrogen-bond acceptors (Lipinski definition) is 0. The van der Waals surface area contributed by atoms with Crippen LogP contribution in [-0.2, 0) is 0 Å². The summed E-state index contributed by atoms with van der Waals surface area (Å²) in [7, 11) is 0. The van der Waals surface area contributed by atoms with Gasteiger partial charge in [-0.05, 0) is 37.0 Å². The van der Waals surface area contributed by atoms with E-state index in [1.54, 1.807) is 0 Å². The molecule has 3 atom stereocenters. The molecule has 0 heterocycles. The van der Waals surface area contributed by atoms with Crippen molar-refractivity contribution in [2.24, 2.45) is 17.8 Å². The smallest absolute Gasteiger partial charge is 0.00915 e. The zero-order valence-corrected chi connectivity index (χ0v) is 9.39. The summed E-state index contributed by atoms with van der Waals surface area (Å²) >= 11 is 0. The highest BCUT2D eigenvalue weighted by Crippen LogP contribution is 2.54. The van der Waals surface area contributed by atoms with Crippen LogP contribution in [0.4, 0.5) is 0 Å². The summed E-state index contributed by atoms with van der Waals surface area (Å²) in [6, 6.07) is 0. The van der Waals surface area contributed by atoms with E-state index in [1.165, 1.54) is 51.4 Å². The third-order valence-corrected chi connectivity index (χ3v) is 3.98. The molecule has 2 rings (SSSR count). The maximum absolute atomic E-state index is 3.28. The van der Waals surface area contributed by atoms with Gasteiger partial charge in [-0.25, -0.2) is 0 Å². The number of rotatable bonds is 4. The minimum absolute atomic E-state index is 1.07. The minimum Gasteiger partial charge on any atom is -0.103 e. The second-order valence-electron chi connectivity index (χ2n) is 4.92. The molecule has 1 unspecified atom stereocenters. The Morgan fingerprint density at radius 3 is 2.21 bits per heavy atom. The Balaban J connectivity index is 1.71. The Hall–Kier alpha value is -0.440. The molecule has 78 valence electrons. The Morgan fingerprint density at radius 2 is 1.64 bits per heavy atom. The number of unbranched alkanes of at least 4 members (excludes halogenated alkanes) is 2. The lowest BCUT2D eigenvalue weighted by Crippen LogP contribution is -1.85. The van der Waals surface area contributed by atoms with Crippen LogP contribution >= 0.6 is 0 Å². The summed E-state index contributed by atoms with van der Waals surface area (Å²) in [6.07, 6.45) is 10.9. The van der Waals surface area contributed by atoms with Crippen molar-refractivity contribution in [2.75, 3.05) is 0 Å². The van der Waals surface area contributed by atoms with Crippen LogP contribution in [0.15, 0.2) is 0 Å². The maximum atomic E-state index is 3.28. The summed E-state index contributed by atoms with van der Waals surface area (Å²) in [5, 5.41) is 0. The van der Waals surface area contributed by atoms with Crippen LogP contribution in [-0.4, -0.2) is 0 Å². The molecule has 14 heavy (non-hydrogen) atoms. The van der Waals surface area contributed by atoms with Crippen molar-refractivity contribution >= 4 is 0 Å². The third-order valence-electron chi connectivity index (χ3n) is 3.98. The maximum Gasteiger partial charge on any atom is 0.00915 e. The average molecular weight is 190 g/mol. The van der Waals surface area contributed by atoms with Crippen molar-refractivity contribution in [3.63, 3.8) is 0 Å². The van der Waals surface area contributed by atoms with Crippen molar-refractivity contribution in [2.45, 2.75) is 58.3 Å². The van der Waals surface area contributed by atoms with Crippen molar-refractivity contribution in [1.29, 1.82) is 0 Å². The lowest BCUT2D eigenvalue weighted by molar-refractivity contribution is 0.560. The lowest BCUT2D eigenvalue weighted by atomic mass is 10.1. The monoisotopic (exact) mass is 190 g/mol. The van der Waals surface area contributed by atoms with Crippen molar-refractivity contribution < 1.29 is 0 Å². The standard InChI is InChI=1S/C14H22/c1-2-3-6-9-12-13-10-7-4-5-8-11-14(12)13/h12-14H,2-3,6-11H2,1H3/t12?,13-,14+. The summed E-state index contributed by atoms with van der Waals surface area (Å²) in [4.78, 5) is 0. The fourth-order valence-electron chi connectivity index (χ4n) is 3.09. The quantitative estimate of drug-likeness (QED) is 0.464. The van der Waals surface area contributed by atoms with Gasteiger partial charge in [-0.1, -0.05) is 26.2 Å². The van der Waals surface area contributed by atoms with E-state index < -0.39 is 0 Å². The van der Waals surface area contributed by atoms with Crippen LogP contribution in [0.2, 0.25) is 0 Å². The molecule has 0 radical (unpaired) electrons. The Labute approximate surface area is 88.5 Å². The molecule has 0 aromatic rings. The first-order valence-electron chi connectivity index (χ1n) is 6.39. The van der Waals surface area contributed by atoms with Crippen molar-refractivity contribution in [3.8, 4) is 11.8 Å². The molecule has 0 aliphatic heterocycles. The molecule has 0 aromatic heterocycles. The van der Waals surface area contributed by atoms with E-state index in [2.05, 4.69) is 18.8 Å². The van der Waals surface area contributed by atoms with Gasteiger partial charge in [0, 0.05) is 12.8 Å². The molecule has 0 N–H and O–H groups in total. The van der Waals surface area contributed by atoms with Crippen LogP contribution in [0.1, 0.15) is 58.3 Å². The molecule has 0 aromatic carbocycles. The molecule has 0 amide bonds. The van der Waals surface area contributed by atoms with Gasteiger partial charge in [0.2, 0.25) is 0 Å². The van der Waals surface area contributed by atoms with Gasteiger partial charge in [-0.3, -0.25) is 0 Å². The molecule has 1 fully saturated rings. The van der Waals surface area contributed by atoms with Gasteiger partial charge < -0.3 is 0 Å². The zero-order chi connectivity index (χ0) is 9.80. The largest absolute Gasteiger partial charge is 0.103 e. The topological polar surface area (TPSA) is 0 Å². The van der Waals surface area contributed by atoms with Gasteiger partial charge in [0.05, 0.1) is 0 Å². The zero-order valence-electron chi connectivity index (χ0n) is 9.39. The van der Waals surface area contributed by atoms with E-state index in [4.69, 9.17) is 0 Å². The van der Waals surface area contributed by atoms with Gasteiger partial charge in [-0.2, -0.15) is 0 Å². The SMILES string of the molecule is CCCCCC1[C@H]2CCC#CCC[C@@H]12. The van der Waals surface area contributed by atoms with E-state index in [-0.39, 0.29) is 0 Å². The van der Waals surface area contributed by atoms with E-state index in [9.17, 15) is 0 Å². The van der Waals surface area contributed by atoms with Crippen LogP contribution in [0.3, 0.4) is 0 Å². The Bertz CT molecular complexity index is 212. The van der Waals surface area contributed by atoms with Crippen LogP contribution in [0.25, 0.3) is 0 Å². The third kappa shape index (κ3) is 2.32. The predicted molar refractivity (Wildman–Crippen MR) is 60.9 cm³/mol. The number of fused-ring (bicyclic) bond motifs is 1. The first kappa shape index (κ1) is 10.1. The molecular formula is C14H22. The van der Waals surface area contributed by atoms with E-state index >= 15 is 0 Å². The van der Waals surface area contributed by atoms with Crippen molar-refractivity contribution in [1.82, 2.24) is 0 Å². The second-order valence-corrected chi connectivity index (χ2v) is 4.92. The molecule has 0 heteroatoms. The predicted octanol–water partition coefficient (Wildman–Crippen LogP) is 4.01. The molecule has 2 aliphatic carbocycles. The molecule has 2 aliphatic rings. The second kappa shape index (κ2) is 4.87. The highest BCUT2D eigenvalue weighted by molar-refractivity contribution is 5.07. The first-order chi connectivity index (χ1) is 6.93.